The fraction of sp³-hybridized carbons (Fsp3) is 0.538. The van der Waals surface area contributed by atoms with Crippen molar-refractivity contribution in [1.29, 1.82) is 0 Å². The quantitative estimate of drug-likeness (QED) is 0.894. The SMILES string of the molecule is O=S(=O)(N[C@H]1C[C@@H]2CC[C@@H]1C2)c1ccccc1. The van der Waals surface area contributed by atoms with Gasteiger partial charge in [-0.1, -0.05) is 24.6 Å². The summed E-state index contributed by atoms with van der Waals surface area (Å²) in [4.78, 5) is 0.378. The molecule has 3 nitrogen and oxygen atoms in total. The van der Waals surface area contributed by atoms with Crippen molar-refractivity contribution in [3.8, 4) is 0 Å². The van der Waals surface area contributed by atoms with Gasteiger partial charge in [0.25, 0.3) is 0 Å². The summed E-state index contributed by atoms with van der Waals surface area (Å²) in [5, 5.41) is 0. The van der Waals surface area contributed by atoms with E-state index in [1.165, 1.54) is 19.3 Å². The van der Waals surface area contributed by atoms with E-state index in [0.717, 1.165) is 12.3 Å². The molecule has 17 heavy (non-hydrogen) atoms. The molecule has 92 valence electrons. The number of hydrogen-bond acceptors (Lipinski definition) is 2. The van der Waals surface area contributed by atoms with Crippen LogP contribution in [-0.4, -0.2) is 14.5 Å². The summed E-state index contributed by atoms with van der Waals surface area (Å²) in [6.45, 7) is 0. The first-order chi connectivity index (χ1) is 8.15. The third kappa shape index (κ3) is 2.11. The van der Waals surface area contributed by atoms with Gasteiger partial charge in [0.05, 0.1) is 4.90 Å². The monoisotopic (exact) mass is 251 g/mol. The second-order valence-electron chi connectivity index (χ2n) is 5.22. The van der Waals surface area contributed by atoms with Crippen LogP contribution in [0.5, 0.6) is 0 Å². The highest BCUT2D eigenvalue weighted by atomic mass is 32.2. The number of hydrogen-bond donors (Lipinski definition) is 1. The molecule has 3 atom stereocenters. The highest BCUT2D eigenvalue weighted by Crippen LogP contribution is 2.44. The van der Waals surface area contributed by atoms with E-state index in [0.29, 0.717) is 10.8 Å². The Morgan fingerprint density at radius 2 is 1.82 bits per heavy atom. The van der Waals surface area contributed by atoms with Crippen molar-refractivity contribution in [1.82, 2.24) is 4.72 Å². The molecule has 0 amide bonds. The Balaban J connectivity index is 1.77. The average molecular weight is 251 g/mol. The molecule has 4 heteroatoms. The van der Waals surface area contributed by atoms with Gasteiger partial charge in [-0.3, -0.25) is 0 Å². The van der Waals surface area contributed by atoms with E-state index in [1.807, 2.05) is 6.07 Å². The molecule has 1 aromatic rings. The van der Waals surface area contributed by atoms with Crippen molar-refractivity contribution in [2.75, 3.05) is 0 Å². The smallest absolute Gasteiger partial charge is 0.208 e. The van der Waals surface area contributed by atoms with E-state index in [1.54, 1.807) is 24.3 Å². The summed E-state index contributed by atoms with van der Waals surface area (Å²) in [6.07, 6.45) is 4.71. The zero-order valence-electron chi connectivity index (χ0n) is 9.67. The first-order valence-corrected chi connectivity index (χ1v) is 7.71. The van der Waals surface area contributed by atoms with Crippen LogP contribution in [0.25, 0.3) is 0 Å². The van der Waals surface area contributed by atoms with Crippen LogP contribution in [-0.2, 0) is 10.0 Å². The minimum atomic E-state index is -3.32. The van der Waals surface area contributed by atoms with Crippen LogP contribution < -0.4 is 4.72 Å². The molecule has 2 aliphatic carbocycles. The number of nitrogens with one attached hydrogen (secondary N) is 1. The molecule has 0 aromatic heterocycles. The maximum atomic E-state index is 12.2. The first-order valence-electron chi connectivity index (χ1n) is 6.22. The standard InChI is InChI=1S/C13H17NO2S/c15-17(16,12-4-2-1-3-5-12)14-13-9-10-6-7-11(13)8-10/h1-5,10-11,13-14H,6-9H2/t10-,11-,13+/m1/s1. The molecule has 2 aliphatic rings. The van der Waals surface area contributed by atoms with E-state index in [4.69, 9.17) is 0 Å². The highest BCUT2D eigenvalue weighted by Gasteiger charge is 2.41. The van der Waals surface area contributed by atoms with Crippen molar-refractivity contribution in [2.45, 2.75) is 36.6 Å². The van der Waals surface area contributed by atoms with Crippen LogP contribution in [0.15, 0.2) is 35.2 Å². The maximum Gasteiger partial charge on any atom is 0.240 e. The second-order valence-corrected chi connectivity index (χ2v) is 6.93. The van der Waals surface area contributed by atoms with E-state index in [2.05, 4.69) is 4.72 Å². The highest BCUT2D eigenvalue weighted by molar-refractivity contribution is 7.89. The molecule has 1 N–H and O–H groups in total. The summed E-state index contributed by atoms with van der Waals surface area (Å²) in [6, 6.07) is 8.81. The van der Waals surface area contributed by atoms with Crippen LogP contribution in [0.1, 0.15) is 25.7 Å². The summed E-state index contributed by atoms with van der Waals surface area (Å²) >= 11 is 0. The molecule has 0 radical (unpaired) electrons. The van der Waals surface area contributed by atoms with Gasteiger partial charge in [-0.05, 0) is 43.2 Å². The predicted octanol–water partition coefficient (Wildman–Crippen LogP) is 2.15. The molecule has 3 rings (SSSR count). The van der Waals surface area contributed by atoms with Crippen molar-refractivity contribution in [3.63, 3.8) is 0 Å². The van der Waals surface area contributed by atoms with Crippen molar-refractivity contribution >= 4 is 10.0 Å². The fourth-order valence-corrected chi connectivity index (χ4v) is 4.59. The Morgan fingerprint density at radius 3 is 2.41 bits per heavy atom. The van der Waals surface area contributed by atoms with Gasteiger partial charge in [0.2, 0.25) is 10.0 Å². The Kier molecular flexibility index (Phi) is 2.71. The third-order valence-electron chi connectivity index (χ3n) is 4.10. The van der Waals surface area contributed by atoms with E-state index in [-0.39, 0.29) is 6.04 Å². The summed E-state index contributed by atoms with van der Waals surface area (Å²) in [5.41, 5.74) is 0. The Labute approximate surface area is 102 Å². The zero-order chi connectivity index (χ0) is 11.9. The van der Waals surface area contributed by atoms with Gasteiger partial charge in [-0.25, -0.2) is 13.1 Å². The van der Waals surface area contributed by atoms with Crippen LogP contribution in [0, 0.1) is 11.8 Å². The van der Waals surface area contributed by atoms with Gasteiger partial charge in [-0.2, -0.15) is 0 Å². The van der Waals surface area contributed by atoms with Gasteiger partial charge >= 0.3 is 0 Å². The number of fused-ring (bicyclic) bond motifs is 2. The lowest BCUT2D eigenvalue weighted by atomic mass is 9.96. The second kappa shape index (κ2) is 4.10. The van der Waals surface area contributed by atoms with Crippen molar-refractivity contribution in [3.05, 3.63) is 30.3 Å². The van der Waals surface area contributed by atoms with Crippen molar-refractivity contribution < 1.29 is 8.42 Å². The number of rotatable bonds is 3. The topological polar surface area (TPSA) is 46.2 Å². The third-order valence-corrected chi connectivity index (χ3v) is 5.60. The number of sulfonamides is 1. The minimum absolute atomic E-state index is 0.166. The summed E-state index contributed by atoms with van der Waals surface area (Å²) in [5.74, 6) is 1.32. The van der Waals surface area contributed by atoms with Crippen LogP contribution >= 0.6 is 0 Å². The minimum Gasteiger partial charge on any atom is -0.208 e. The molecule has 0 unspecified atom stereocenters. The Morgan fingerprint density at radius 1 is 1.06 bits per heavy atom. The van der Waals surface area contributed by atoms with E-state index >= 15 is 0 Å². The molecule has 1 aromatic carbocycles. The fourth-order valence-electron chi connectivity index (χ4n) is 3.26. The lowest BCUT2D eigenvalue weighted by Gasteiger charge is -2.22. The van der Waals surface area contributed by atoms with Gasteiger partial charge in [0.1, 0.15) is 0 Å². The van der Waals surface area contributed by atoms with E-state index < -0.39 is 10.0 Å². The summed E-state index contributed by atoms with van der Waals surface area (Å²) in [7, 11) is -3.32. The van der Waals surface area contributed by atoms with Gasteiger partial charge < -0.3 is 0 Å². The van der Waals surface area contributed by atoms with Crippen molar-refractivity contribution in [2.24, 2.45) is 11.8 Å². The molecule has 0 aliphatic heterocycles. The average Bonchev–Trinajstić information content (AvgIpc) is 2.91. The summed E-state index contributed by atoms with van der Waals surface area (Å²) < 4.78 is 27.2. The molecule has 2 saturated carbocycles. The van der Waals surface area contributed by atoms with Crippen LogP contribution in [0.3, 0.4) is 0 Å². The Bertz CT molecular complexity index is 497. The molecule has 0 saturated heterocycles. The lowest BCUT2D eigenvalue weighted by molar-refractivity contribution is 0.390. The maximum absolute atomic E-state index is 12.2. The normalized spacial score (nSPS) is 31.9. The molecule has 2 fully saturated rings. The zero-order valence-corrected chi connectivity index (χ0v) is 10.5. The van der Waals surface area contributed by atoms with Crippen LogP contribution in [0.4, 0.5) is 0 Å². The first kappa shape index (κ1) is 11.2. The van der Waals surface area contributed by atoms with Crippen LogP contribution in [0.2, 0.25) is 0 Å². The number of benzene rings is 1. The largest absolute Gasteiger partial charge is 0.240 e. The van der Waals surface area contributed by atoms with Gasteiger partial charge in [0.15, 0.2) is 0 Å². The molecule has 0 heterocycles. The van der Waals surface area contributed by atoms with Gasteiger partial charge in [0, 0.05) is 6.04 Å². The molecule has 2 bridgehead atoms. The van der Waals surface area contributed by atoms with Gasteiger partial charge in [-0.15, -0.1) is 0 Å². The molecule has 0 spiro atoms. The Hall–Kier alpha value is -0.870. The molecular weight excluding hydrogens is 234 g/mol. The lowest BCUT2D eigenvalue weighted by Crippen LogP contribution is -2.38. The molecular formula is C13H17NO2S. The van der Waals surface area contributed by atoms with E-state index in [9.17, 15) is 8.42 Å². The predicted molar refractivity (Wildman–Crippen MR) is 66.0 cm³/mol.